The van der Waals surface area contributed by atoms with Crippen LogP contribution < -0.4 is 10.6 Å². The fraction of sp³-hybridized carbons (Fsp3) is 0.533. The van der Waals surface area contributed by atoms with E-state index in [1.807, 2.05) is 24.3 Å². The van der Waals surface area contributed by atoms with Gasteiger partial charge in [0.25, 0.3) is 0 Å². The van der Waals surface area contributed by atoms with Gasteiger partial charge < -0.3 is 10.6 Å². The average Bonchev–Trinajstić information content (AvgIpc) is 2.69. The largest absolute Gasteiger partial charge is 0.369 e. The number of hydrogen-bond donors (Lipinski definition) is 1. The summed E-state index contributed by atoms with van der Waals surface area (Å²) in [6.07, 6.45) is 4.47. The summed E-state index contributed by atoms with van der Waals surface area (Å²) in [6.45, 7) is 5.22. The average molecular weight is 280 g/mol. The van der Waals surface area contributed by atoms with Crippen molar-refractivity contribution in [2.24, 2.45) is 10.7 Å². The summed E-state index contributed by atoms with van der Waals surface area (Å²) in [7, 11) is 0. The van der Waals surface area contributed by atoms with E-state index in [0.29, 0.717) is 5.96 Å². The van der Waals surface area contributed by atoms with Crippen molar-refractivity contribution in [2.75, 3.05) is 11.4 Å². The minimum Gasteiger partial charge on any atom is -0.369 e. The third kappa shape index (κ3) is 2.71. The Morgan fingerprint density at radius 1 is 1.21 bits per heavy atom. The third-order valence-electron chi connectivity index (χ3n) is 3.75. The number of halogens is 1. The molecule has 0 saturated heterocycles. The highest BCUT2D eigenvalue weighted by atomic mass is 35.5. The molecular weight excluding hydrogens is 258 g/mol. The summed E-state index contributed by atoms with van der Waals surface area (Å²) in [5.74, 6) is 0.629. The zero-order valence-electron chi connectivity index (χ0n) is 11.7. The van der Waals surface area contributed by atoms with Crippen LogP contribution in [0.4, 0.5) is 5.69 Å². The van der Waals surface area contributed by atoms with Crippen LogP contribution in [-0.4, -0.2) is 18.0 Å². The molecule has 2 N–H and O–H groups in total. The van der Waals surface area contributed by atoms with E-state index in [1.54, 1.807) is 0 Å². The van der Waals surface area contributed by atoms with Gasteiger partial charge in [0.1, 0.15) is 0 Å². The highest BCUT2D eigenvalue weighted by Crippen LogP contribution is 2.36. The summed E-state index contributed by atoms with van der Waals surface area (Å²) in [5.41, 5.74) is 7.26. The number of guanidine groups is 1. The lowest BCUT2D eigenvalue weighted by Crippen LogP contribution is -2.52. The van der Waals surface area contributed by atoms with Gasteiger partial charge in [-0.2, -0.15) is 0 Å². The third-order valence-corrected chi connectivity index (χ3v) is 4.01. The van der Waals surface area contributed by atoms with Gasteiger partial charge >= 0.3 is 0 Å². The molecule has 0 aromatic heterocycles. The molecule has 1 aromatic carbocycles. The quantitative estimate of drug-likeness (QED) is 0.890. The highest BCUT2D eigenvalue weighted by molar-refractivity contribution is 6.30. The van der Waals surface area contributed by atoms with Crippen LogP contribution in [0, 0.1) is 0 Å². The van der Waals surface area contributed by atoms with E-state index in [-0.39, 0.29) is 5.54 Å². The molecule has 0 radical (unpaired) electrons. The van der Waals surface area contributed by atoms with Gasteiger partial charge in [-0.15, -0.1) is 0 Å². The Morgan fingerprint density at radius 3 is 2.32 bits per heavy atom. The maximum absolute atomic E-state index is 6.13. The van der Waals surface area contributed by atoms with Crippen LogP contribution in [0.2, 0.25) is 5.02 Å². The van der Waals surface area contributed by atoms with Gasteiger partial charge in [-0.1, -0.05) is 38.3 Å². The molecule has 2 rings (SSSR count). The molecule has 19 heavy (non-hydrogen) atoms. The van der Waals surface area contributed by atoms with Crippen LogP contribution >= 0.6 is 11.6 Å². The molecule has 1 aliphatic heterocycles. The van der Waals surface area contributed by atoms with E-state index >= 15 is 0 Å². The highest BCUT2D eigenvalue weighted by Gasteiger charge is 2.41. The van der Waals surface area contributed by atoms with E-state index in [0.717, 1.165) is 42.9 Å². The Balaban J connectivity index is 2.37. The summed E-state index contributed by atoms with van der Waals surface area (Å²) in [4.78, 5) is 6.70. The monoisotopic (exact) mass is 279 g/mol. The van der Waals surface area contributed by atoms with Crippen LogP contribution in [0.3, 0.4) is 0 Å². The Hall–Kier alpha value is -1.22. The molecule has 0 amide bonds. The molecule has 0 saturated carbocycles. The predicted octanol–water partition coefficient (Wildman–Crippen LogP) is 3.81. The number of anilines is 1. The van der Waals surface area contributed by atoms with E-state index in [2.05, 4.69) is 23.7 Å². The summed E-state index contributed by atoms with van der Waals surface area (Å²) in [6, 6.07) is 7.86. The molecule has 0 unspecified atom stereocenters. The van der Waals surface area contributed by atoms with Gasteiger partial charge in [0.15, 0.2) is 5.96 Å². The minimum atomic E-state index is 0.0431. The van der Waals surface area contributed by atoms with E-state index in [4.69, 9.17) is 17.3 Å². The summed E-state index contributed by atoms with van der Waals surface area (Å²) in [5, 5.41) is 0.745. The van der Waals surface area contributed by atoms with Crippen molar-refractivity contribution in [3.05, 3.63) is 29.3 Å². The van der Waals surface area contributed by atoms with Crippen molar-refractivity contribution in [3.8, 4) is 0 Å². The van der Waals surface area contributed by atoms with Gasteiger partial charge in [-0.25, -0.2) is 0 Å². The lowest BCUT2D eigenvalue weighted by molar-refractivity contribution is 0.384. The van der Waals surface area contributed by atoms with Crippen LogP contribution in [0.15, 0.2) is 29.3 Å². The molecular formula is C15H22ClN3. The number of rotatable bonds is 5. The maximum atomic E-state index is 6.13. The van der Waals surface area contributed by atoms with Crippen molar-refractivity contribution in [1.29, 1.82) is 0 Å². The van der Waals surface area contributed by atoms with E-state index < -0.39 is 0 Å². The molecule has 4 heteroatoms. The van der Waals surface area contributed by atoms with Crippen molar-refractivity contribution in [1.82, 2.24) is 0 Å². The number of nitrogens with zero attached hydrogens (tertiary/aromatic N) is 2. The van der Waals surface area contributed by atoms with Gasteiger partial charge in [0.05, 0.1) is 12.1 Å². The molecule has 0 aliphatic carbocycles. The van der Waals surface area contributed by atoms with Crippen LogP contribution in [0.1, 0.15) is 39.5 Å². The molecule has 1 aliphatic rings. The first kappa shape index (κ1) is 14.2. The van der Waals surface area contributed by atoms with Gasteiger partial charge in [0.2, 0.25) is 0 Å². The maximum Gasteiger partial charge on any atom is 0.196 e. The van der Waals surface area contributed by atoms with Crippen LogP contribution in [0.5, 0.6) is 0 Å². The minimum absolute atomic E-state index is 0.0431. The second kappa shape index (κ2) is 5.83. The number of hydrogen-bond acceptors (Lipinski definition) is 3. The summed E-state index contributed by atoms with van der Waals surface area (Å²) < 4.78 is 0. The Bertz CT molecular complexity index is 447. The van der Waals surface area contributed by atoms with E-state index in [1.165, 1.54) is 0 Å². The van der Waals surface area contributed by atoms with Crippen molar-refractivity contribution in [2.45, 2.75) is 45.1 Å². The van der Waals surface area contributed by atoms with E-state index in [9.17, 15) is 0 Å². The Morgan fingerprint density at radius 2 is 1.79 bits per heavy atom. The molecule has 104 valence electrons. The Labute approximate surface area is 120 Å². The van der Waals surface area contributed by atoms with Gasteiger partial charge in [-0.3, -0.25) is 4.99 Å². The smallest absolute Gasteiger partial charge is 0.196 e. The number of benzene rings is 1. The zero-order chi connectivity index (χ0) is 13.9. The SMILES string of the molecule is CCCC1(CCC)CN=C(N)N1c1ccc(Cl)cc1. The van der Waals surface area contributed by atoms with Gasteiger partial charge in [-0.05, 0) is 37.1 Å². The van der Waals surface area contributed by atoms with Gasteiger partial charge in [0, 0.05) is 10.7 Å². The molecule has 0 bridgehead atoms. The molecule has 1 aromatic rings. The standard InChI is InChI=1S/C15H22ClN3/c1-3-9-15(10-4-2)11-18-14(17)19(15)13-7-5-12(16)6-8-13/h5-8H,3-4,9-11H2,1-2H3,(H2,17,18). The topological polar surface area (TPSA) is 41.6 Å². The first-order valence-electron chi connectivity index (χ1n) is 6.98. The second-order valence-electron chi connectivity index (χ2n) is 5.21. The molecule has 3 nitrogen and oxygen atoms in total. The Kier molecular flexibility index (Phi) is 4.35. The lowest BCUT2D eigenvalue weighted by atomic mass is 9.87. The fourth-order valence-electron chi connectivity index (χ4n) is 3.05. The molecule has 0 spiro atoms. The zero-order valence-corrected chi connectivity index (χ0v) is 12.5. The normalized spacial score (nSPS) is 17.6. The second-order valence-corrected chi connectivity index (χ2v) is 5.65. The van der Waals surface area contributed by atoms with Crippen molar-refractivity contribution in [3.63, 3.8) is 0 Å². The first-order chi connectivity index (χ1) is 9.13. The fourth-order valence-corrected chi connectivity index (χ4v) is 3.17. The van der Waals surface area contributed by atoms with Crippen LogP contribution in [0.25, 0.3) is 0 Å². The lowest BCUT2D eigenvalue weighted by Gasteiger charge is -2.39. The predicted molar refractivity (Wildman–Crippen MR) is 83.0 cm³/mol. The van der Waals surface area contributed by atoms with Crippen molar-refractivity contribution >= 4 is 23.2 Å². The first-order valence-corrected chi connectivity index (χ1v) is 7.36. The number of aliphatic imine (C=N–C) groups is 1. The molecule has 0 fully saturated rings. The summed E-state index contributed by atoms with van der Waals surface area (Å²) >= 11 is 5.97. The molecule has 1 heterocycles. The van der Waals surface area contributed by atoms with Crippen LogP contribution in [-0.2, 0) is 0 Å². The number of nitrogens with two attached hydrogens (primary N) is 1. The van der Waals surface area contributed by atoms with Crippen molar-refractivity contribution < 1.29 is 0 Å². The molecule has 0 atom stereocenters.